The molecule has 0 amide bonds. The van der Waals surface area contributed by atoms with Gasteiger partial charge < -0.3 is 0 Å². The van der Waals surface area contributed by atoms with E-state index >= 15 is 0 Å². The van der Waals surface area contributed by atoms with E-state index < -0.39 is 11.7 Å². The van der Waals surface area contributed by atoms with Crippen molar-refractivity contribution in [1.82, 2.24) is 0 Å². The summed E-state index contributed by atoms with van der Waals surface area (Å²) in [6, 6.07) is 2.87. The SMILES string of the molecule is CCCCCCCC(=O)c1cc(C(F)(F)F)ccc1Cl. The molecule has 0 spiro atoms. The van der Waals surface area contributed by atoms with Crippen molar-refractivity contribution in [2.45, 2.75) is 51.6 Å². The number of benzene rings is 1. The summed E-state index contributed by atoms with van der Waals surface area (Å²) in [6.45, 7) is 2.09. The van der Waals surface area contributed by atoms with Crippen molar-refractivity contribution in [2.75, 3.05) is 0 Å². The predicted molar refractivity (Wildman–Crippen MR) is 74.2 cm³/mol. The van der Waals surface area contributed by atoms with Crippen LogP contribution in [0.4, 0.5) is 13.2 Å². The van der Waals surface area contributed by atoms with Gasteiger partial charge in [0.1, 0.15) is 0 Å². The van der Waals surface area contributed by atoms with Gasteiger partial charge in [-0.2, -0.15) is 13.2 Å². The number of alkyl halides is 3. The molecule has 112 valence electrons. The molecule has 0 unspecified atom stereocenters. The zero-order valence-electron chi connectivity index (χ0n) is 11.4. The molecule has 0 aromatic heterocycles. The number of carbonyl (C=O) groups excluding carboxylic acids is 1. The van der Waals surface area contributed by atoms with Gasteiger partial charge in [0.2, 0.25) is 0 Å². The molecule has 1 nitrogen and oxygen atoms in total. The summed E-state index contributed by atoms with van der Waals surface area (Å²) >= 11 is 5.82. The van der Waals surface area contributed by atoms with Crippen molar-refractivity contribution in [3.63, 3.8) is 0 Å². The Balaban J connectivity index is 2.67. The maximum absolute atomic E-state index is 12.6. The Bertz CT molecular complexity index is 455. The van der Waals surface area contributed by atoms with E-state index in [0.29, 0.717) is 6.42 Å². The molecule has 5 heteroatoms. The van der Waals surface area contributed by atoms with Gasteiger partial charge in [0.05, 0.1) is 10.6 Å². The molecule has 0 saturated heterocycles. The molecule has 0 heterocycles. The Morgan fingerprint density at radius 3 is 2.40 bits per heavy atom. The summed E-state index contributed by atoms with van der Waals surface area (Å²) in [5, 5.41) is 0.0801. The van der Waals surface area contributed by atoms with Gasteiger partial charge in [0.25, 0.3) is 0 Å². The second-order valence-electron chi connectivity index (χ2n) is 4.78. The Morgan fingerprint density at radius 2 is 1.80 bits per heavy atom. The number of unbranched alkanes of at least 4 members (excludes halogenated alkanes) is 4. The normalized spacial score (nSPS) is 11.7. The standard InChI is InChI=1S/C15H18ClF3O/c1-2-3-4-5-6-7-14(20)12-10-11(15(17,18)19)8-9-13(12)16/h8-10H,2-7H2,1H3. The van der Waals surface area contributed by atoms with Crippen molar-refractivity contribution >= 4 is 17.4 Å². The van der Waals surface area contributed by atoms with Crippen LogP contribution in [0.15, 0.2) is 18.2 Å². The second kappa shape index (κ2) is 7.67. The lowest BCUT2D eigenvalue weighted by atomic mass is 10.0. The molecule has 20 heavy (non-hydrogen) atoms. The molecule has 0 bridgehead atoms. The molecule has 1 aromatic carbocycles. The van der Waals surface area contributed by atoms with Crippen LogP contribution in [0.5, 0.6) is 0 Å². The van der Waals surface area contributed by atoms with Crippen LogP contribution in [0.25, 0.3) is 0 Å². The largest absolute Gasteiger partial charge is 0.416 e. The topological polar surface area (TPSA) is 17.1 Å². The smallest absolute Gasteiger partial charge is 0.294 e. The van der Waals surface area contributed by atoms with E-state index in [0.717, 1.165) is 43.9 Å². The molecule has 0 fully saturated rings. The predicted octanol–water partition coefficient (Wildman–Crippen LogP) is 5.90. The third-order valence-corrected chi connectivity index (χ3v) is 3.43. The van der Waals surface area contributed by atoms with E-state index in [1.165, 1.54) is 0 Å². The minimum absolute atomic E-state index is 0.0306. The Hall–Kier alpha value is -1.03. The van der Waals surface area contributed by atoms with Gasteiger partial charge in [-0.1, -0.05) is 44.2 Å². The van der Waals surface area contributed by atoms with E-state index in [-0.39, 0.29) is 22.8 Å². The quantitative estimate of drug-likeness (QED) is 0.452. The van der Waals surface area contributed by atoms with Crippen LogP contribution in [-0.4, -0.2) is 5.78 Å². The molecular formula is C15H18ClF3O. The summed E-state index contributed by atoms with van der Waals surface area (Å²) in [5.74, 6) is -0.322. The minimum Gasteiger partial charge on any atom is -0.294 e. The number of Topliss-reactive ketones (excluding diaryl/α,β-unsaturated/α-hetero) is 1. The molecule has 0 atom stereocenters. The van der Waals surface area contributed by atoms with Crippen LogP contribution in [0.3, 0.4) is 0 Å². The molecule has 0 aliphatic rings. The number of hydrogen-bond acceptors (Lipinski definition) is 1. The van der Waals surface area contributed by atoms with Crippen molar-refractivity contribution < 1.29 is 18.0 Å². The lowest BCUT2D eigenvalue weighted by Crippen LogP contribution is -2.08. The number of halogens is 4. The summed E-state index contributed by atoms with van der Waals surface area (Å²) in [7, 11) is 0. The molecule has 1 rings (SSSR count). The van der Waals surface area contributed by atoms with Crippen LogP contribution < -0.4 is 0 Å². The highest BCUT2D eigenvalue weighted by molar-refractivity contribution is 6.34. The summed E-state index contributed by atoms with van der Waals surface area (Å²) in [6.07, 6.45) is 0.638. The van der Waals surface area contributed by atoms with E-state index in [2.05, 4.69) is 6.92 Å². The highest BCUT2D eigenvalue weighted by Crippen LogP contribution is 2.32. The molecule has 0 aliphatic heterocycles. The first-order chi connectivity index (χ1) is 9.36. The highest BCUT2D eigenvalue weighted by atomic mass is 35.5. The maximum Gasteiger partial charge on any atom is 0.416 e. The van der Waals surface area contributed by atoms with Gasteiger partial charge in [-0.05, 0) is 24.6 Å². The first-order valence-electron chi connectivity index (χ1n) is 6.76. The average Bonchev–Trinajstić information content (AvgIpc) is 2.37. The first-order valence-corrected chi connectivity index (χ1v) is 7.14. The van der Waals surface area contributed by atoms with E-state index in [1.807, 2.05) is 0 Å². The first kappa shape index (κ1) is 17.0. The van der Waals surface area contributed by atoms with Crippen LogP contribution in [0.2, 0.25) is 5.02 Å². The van der Waals surface area contributed by atoms with Gasteiger partial charge in [-0.15, -0.1) is 0 Å². The molecular weight excluding hydrogens is 289 g/mol. The highest BCUT2D eigenvalue weighted by Gasteiger charge is 2.31. The molecule has 0 aliphatic carbocycles. The Morgan fingerprint density at radius 1 is 1.15 bits per heavy atom. The van der Waals surface area contributed by atoms with Crippen molar-refractivity contribution in [3.05, 3.63) is 34.3 Å². The fourth-order valence-corrected chi connectivity index (χ4v) is 2.16. The van der Waals surface area contributed by atoms with Crippen LogP contribution in [0, 0.1) is 0 Å². The Labute approximate surface area is 122 Å². The maximum atomic E-state index is 12.6. The third kappa shape index (κ3) is 5.16. The van der Waals surface area contributed by atoms with Crippen LogP contribution in [0.1, 0.15) is 61.4 Å². The Kier molecular flexibility index (Phi) is 6.53. The van der Waals surface area contributed by atoms with E-state index in [1.54, 1.807) is 0 Å². The number of rotatable bonds is 7. The van der Waals surface area contributed by atoms with Crippen molar-refractivity contribution in [1.29, 1.82) is 0 Å². The number of ketones is 1. The molecule has 0 saturated carbocycles. The number of hydrogen-bond donors (Lipinski definition) is 0. The van der Waals surface area contributed by atoms with Gasteiger partial charge in [0, 0.05) is 12.0 Å². The summed E-state index contributed by atoms with van der Waals surface area (Å²) in [4.78, 5) is 11.9. The lowest BCUT2D eigenvalue weighted by Gasteiger charge is -2.10. The fourth-order valence-electron chi connectivity index (χ4n) is 1.94. The average molecular weight is 307 g/mol. The van der Waals surface area contributed by atoms with Gasteiger partial charge >= 0.3 is 6.18 Å². The van der Waals surface area contributed by atoms with Gasteiger partial charge in [0.15, 0.2) is 5.78 Å². The molecule has 0 N–H and O–H groups in total. The van der Waals surface area contributed by atoms with Crippen LogP contribution in [-0.2, 0) is 6.18 Å². The van der Waals surface area contributed by atoms with E-state index in [4.69, 9.17) is 11.6 Å². The monoisotopic (exact) mass is 306 g/mol. The van der Waals surface area contributed by atoms with Crippen LogP contribution >= 0.6 is 11.6 Å². The molecule has 1 aromatic rings. The molecule has 0 radical (unpaired) electrons. The van der Waals surface area contributed by atoms with E-state index in [9.17, 15) is 18.0 Å². The van der Waals surface area contributed by atoms with Crippen molar-refractivity contribution in [3.8, 4) is 0 Å². The second-order valence-corrected chi connectivity index (χ2v) is 5.19. The van der Waals surface area contributed by atoms with Gasteiger partial charge in [-0.3, -0.25) is 4.79 Å². The summed E-state index contributed by atoms with van der Waals surface area (Å²) < 4.78 is 37.8. The zero-order valence-corrected chi connectivity index (χ0v) is 12.2. The number of carbonyl (C=O) groups is 1. The summed E-state index contributed by atoms with van der Waals surface area (Å²) in [5.41, 5.74) is -0.867. The zero-order chi connectivity index (χ0) is 15.2. The minimum atomic E-state index is -4.46. The lowest BCUT2D eigenvalue weighted by molar-refractivity contribution is -0.137. The van der Waals surface area contributed by atoms with Crippen molar-refractivity contribution in [2.24, 2.45) is 0 Å². The fraction of sp³-hybridized carbons (Fsp3) is 0.533. The van der Waals surface area contributed by atoms with Gasteiger partial charge in [-0.25, -0.2) is 0 Å². The third-order valence-electron chi connectivity index (χ3n) is 3.10.